The Morgan fingerprint density at radius 2 is 2.33 bits per heavy atom. The monoisotopic (exact) mass is 249 g/mol. The van der Waals surface area contributed by atoms with E-state index in [-0.39, 0.29) is 17.8 Å². The lowest BCUT2D eigenvalue weighted by molar-refractivity contribution is -0.121. The highest BCUT2D eigenvalue weighted by molar-refractivity contribution is 5.78. The Morgan fingerprint density at radius 3 is 3.06 bits per heavy atom. The third kappa shape index (κ3) is 4.04. The van der Waals surface area contributed by atoms with E-state index in [9.17, 15) is 9.90 Å². The molecule has 1 amide bonds. The first-order valence-electron chi connectivity index (χ1n) is 6.40. The van der Waals surface area contributed by atoms with Crippen LogP contribution in [0.2, 0.25) is 0 Å². The maximum atomic E-state index is 11.7. The molecule has 4 heteroatoms. The summed E-state index contributed by atoms with van der Waals surface area (Å²) in [6, 6.07) is 6.77. The highest BCUT2D eigenvalue weighted by atomic mass is 16.5. The molecule has 0 saturated carbocycles. The summed E-state index contributed by atoms with van der Waals surface area (Å²) < 4.78 is 5.54. The van der Waals surface area contributed by atoms with Gasteiger partial charge in [0.2, 0.25) is 5.91 Å². The van der Waals surface area contributed by atoms with Crippen LogP contribution >= 0.6 is 0 Å². The van der Waals surface area contributed by atoms with Gasteiger partial charge in [-0.25, -0.2) is 0 Å². The average molecular weight is 249 g/mol. The largest absolute Gasteiger partial charge is 0.508 e. The molecule has 18 heavy (non-hydrogen) atoms. The van der Waals surface area contributed by atoms with Gasteiger partial charge in [-0.05, 0) is 37.0 Å². The van der Waals surface area contributed by atoms with Crippen LogP contribution in [0.3, 0.4) is 0 Å². The highest BCUT2D eigenvalue weighted by Crippen LogP contribution is 2.13. The lowest BCUT2D eigenvalue weighted by atomic mass is 10.1. The molecular weight excluding hydrogens is 230 g/mol. The van der Waals surface area contributed by atoms with Crippen molar-refractivity contribution in [1.29, 1.82) is 0 Å². The number of aromatic hydroxyl groups is 1. The molecule has 1 aromatic carbocycles. The van der Waals surface area contributed by atoms with Crippen molar-refractivity contribution in [1.82, 2.24) is 5.32 Å². The number of hydrogen-bond acceptors (Lipinski definition) is 3. The van der Waals surface area contributed by atoms with Crippen LogP contribution in [0, 0.1) is 0 Å². The summed E-state index contributed by atoms with van der Waals surface area (Å²) in [6.07, 6.45) is 3.76. The molecule has 4 nitrogen and oxygen atoms in total. The Morgan fingerprint density at radius 1 is 1.44 bits per heavy atom. The van der Waals surface area contributed by atoms with Crippen molar-refractivity contribution in [3.8, 4) is 5.75 Å². The first kappa shape index (κ1) is 12.9. The van der Waals surface area contributed by atoms with Gasteiger partial charge in [0.05, 0.1) is 12.5 Å². The summed E-state index contributed by atoms with van der Waals surface area (Å²) in [5.74, 6) is 0.158. The fraction of sp³-hybridized carbons (Fsp3) is 0.500. The van der Waals surface area contributed by atoms with Crippen LogP contribution in [0.1, 0.15) is 24.8 Å². The zero-order valence-electron chi connectivity index (χ0n) is 10.4. The van der Waals surface area contributed by atoms with E-state index in [0.29, 0.717) is 13.0 Å². The van der Waals surface area contributed by atoms with E-state index in [1.54, 1.807) is 18.2 Å². The number of nitrogens with one attached hydrogen (secondary N) is 1. The van der Waals surface area contributed by atoms with E-state index in [0.717, 1.165) is 25.0 Å². The van der Waals surface area contributed by atoms with Crippen molar-refractivity contribution in [3.05, 3.63) is 29.8 Å². The van der Waals surface area contributed by atoms with Gasteiger partial charge in [-0.15, -0.1) is 0 Å². The summed E-state index contributed by atoms with van der Waals surface area (Å²) in [5, 5.41) is 12.2. The number of carbonyl (C=O) groups is 1. The van der Waals surface area contributed by atoms with Crippen LogP contribution in [-0.4, -0.2) is 30.3 Å². The fourth-order valence-corrected chi connectivity index (χ4v) is 2.11. The highest BCUT2D eigenvalue weighted by Gasteiger charge is 2.14. The Bertz CT molecular complexity index is 400. The van der Waals surface area contributed by atoms with Crippen molar-refractivity contribution in [2.24, 2.45) is 0 Å². The molecule has 1 atom stereocenters. The van der Waals surface area contributed by atoms with Crippen LogP contribution in [0.25, 0.3) is 0 Å². The zero-order chi connectivity index (χ0) is 12.8. The normalized spacial score (nSPS) is 19.4. The Hall–Kier alpha value is -1.55. The number of hydrogen-bond donors (Lipinski definition) is 2. The fourth-order valence-electron chi connectivity index (χ4n) is 2.11. The maximum Gasteiger partial charge on any atom is 0.224 e. The second-order valence-corrected chi connectivity index (χ2v) is 4.64. The predicted octanol–water partition coefficient (Wildman–Crippen LogP) is 1.62. The number of phenols is 1. The topological polar surface area (TPSA) is 58.6 Å². The van der Waals surface area contributed by atoms with Gasteiger partial charge in [0.15, 0.2) is 0 Å². The van der Waals surface area contributed by atoms with Gasteiger partial charge in [-0.2, -0.15) is 0 Å². The molecule has 0 bridgehead atoms. The first-order chi connectivity index (χ1) is 8.74. The summed E-state index contributed by atoms with van der Waals surface area (Å²) in [6.45, 7) is 1.38. The molecule has 2 N–H and O–H groups in total. The number of rotatable bonds is 4. The lowest BCUT2D eigenvalue weighted by Crippen LogP contribution is -2.36. The molecule has 0 radical (unpaired) electrons. The van der Waals surface area contributed by atoms with E-state index in [1.165, 1.54) is 6.42 Å². The molecule has 1 aliphatic heterocycles. The van der Waals surface area contributed by atoms with Crippen molar-refractivity contribution in [2.75, 3.05) is 13.2 Å². The molecule has 0 aromatic heterocycles. The van der Waals surface area contributed by atoms with E-state index in [4.69, 9.17) is 4.74 Å². The predicted molar refractivity (Wildman–Crippen MR) is 68.4 cm³/mol. The molecule has 1 saturated heterocycles. The minimum atomic E-state index is -0.0326. The maximum absolute atomic E-state index is 11.7. The number of benzene rings is 1. The second-order valence-electron chi connectivity index (χ2n) is 4.64. The third-order valence-corrected chi connectivity index (χ3v) is 3.08. The van der Waals surface area contributed by atoms with E-state index < -0.39 is 0 Å². The summed E-state index contributed by atoms with van der Waals surface area (Å²) in [7, 11) is 0. The molecule has 1 aromatic rings. The van der Waals surface area contributed by atoms with Gasteiger partial charge in [0.25, 0.3) is 0 Å². The van der Waals surface area contributed by atoms with Gasteiger partial charge in [-0.1, -0.05) is 12.1 Å². The number of phenolic OH excluding ortho intramolecular Hbond substituents is 1. The molecule has 0 spiro atoms. The van der Waals surface area contributed by atoms with Gasteiger partial charge >= 0.3 is 0 Å². The lowest BCUT2D eigenvalue weighted by Gasteiger charge is -2.22. The Labute approximate surface area is 107 Å². The van der Waals surface area contributed by atoms with Gasteiger partial charge < -0.3 is 15.2 Å². The molecule has 2 rings (SSSR count). The van der Waals surface area contributed by atoms with E-state index in [1.807, 2.05) is 6.07 Å². The van der Waals surface area contributed by atoms with E-state index in [2.05, 4.69) is 5.32 Å². The van der Waals surface area contributed by atoms with Crippen LogP contribution in [-0.2, 0) is 16.0 Å². The first-order valence-corrected chi connectivity index (χ1v) is 6.40. The van der Waals surface area contributed by atoms with Crippen molar-refractivity contribution < 1.29 is 14.6 Å². The van der Waals surface area contributed by atoms with E-state index >= 15 is 0 Å². The van der Waals surface area contributed by atoms with Crippen LogP contribution in [0.4, 0.5) is 0 Å². The van der Waals surface area contributed by atoms with Gasteiger partial charge in [-0.3, -0.25) is 4.79 Å². The quantitative estimate of drug-likeness (QED) is 0.852. The molecule has 1 heterocycles. The Balaban J connectivity index is 1.74. The number of amides is 1. The Kier molecular flexibility index (Phi) is 4.59. The SMILES string of the molecule is O=C(Cc1cccc(O)c1)NCC1CCCCO1. The van der Waals surface area contributed by atoms with Crippen LogP contribution in [0.15, 0.2) is 24.3 Å². The van der Waals surface area contributed by atoms with Crippen molar-refractivity contribution in [2.45, 2.75) is 31.8 Å². The second kappa shape index (κ2) is 6.40. The smallest absolute Gasteiger partial charge is 0.224 e. The van der Waals surface area contributed by atoms with Gasteiger partial charge in [0, 0.05) is 13.2 Å². The van der Waals surface area contributed by atoms with Crippen molar-refractivity contribution >= 4 is 5.91 Å². The standard InChI is InChI=1S/C14H19NO3/c16-12-5-3-4-11(8-12)9-14(17)15-10-13-6-1-2-7-18-13/h3-5,8,13,16H,1-2,6-7,9-10H2,(H,15,17). The zero-order valence-corrected chi connectivity index (χ0v) is 10.4. The number of carbonyl (C=O) groups excluding carboxylic acids is 1. The summed E-state index contributed by atoms with van der Waals surface area (Å²) in [4.78, 5) is 11.7. The summed E-state index contributed by atoms with van der Waals surface area (Å²) in [5.41, 5.74) is 0.817. The molecular formula is C14H19NO3. The van der Waals surface area contributed by atoms with Gasteiger partial charge in [0.1, 0.15) is 5.75 Å². The molecule has 0 aliphatic carbocycles. The molecule has 1 unspecified atom stereocenters. The number of ether oxygens (including phenoxy) is 1. The van der Waals surface area contributed by atoms with Crippen molar-refractivity contribution in [3.63, 3.8) is 0 Å². The third-order valence-electron chi connectivity index (χ3n) is 3.08. The minimum Gasteiger partial charge on any atom is -0.508 e. The molecule has 98 valence electrons. The van der Waals surface area contributed by atoms with Crippen LogP contribution in [0.5, 0.6) is 5.75 Å². The molecule has 1 aliphatic rings. The minimum absolute atomic E-state index is 0.0326. The van der Waals surface area contributed by atoms with Crippen LogP contribution < -0.4 is 5.32 Å². The summed E-state index contributed by atoms with van der Waals surface area (Å²) >= 11 is 0. The molecule has 1 fully saturated rings. The average Bonchev–Trinajstić information content (AvgIpc) is 2.38.